The molecule has 0 saturated carbocycles. The average Bonchev–Trinajstić information content (AvgIpc) is 2.67. The van der Waals surface area contributed by atoms with Gasteiger partial charge in [0, 0.05) is 13.6 Å². The normalized spacial score (nSPS) is 16.0. The second-order valence-electron chi connectivity index (χ2n) is 6.70. The van der Waals surface area contributed by atoms with E-state index in [4.69, 9.17) is 4.74 Å². The number of likely N-dealkylation sites (N-methyl/N-ethyl adjacent to an activating group) is 1. The van der Waals surface area contributed by atoms with Crippen molar-refractivity contribution < 1.29 is 23.0 Å². The Morgan fingerprint density at radius 1 is 1.22 bits per heavy atom. The number of amides is 1. The van der Waals surface area contributed by atoms with Crippen molar-refractivity contribution in [2.75, 3.05) is 14.2 Å². The smallest absolute Gasteiger partial charge is 0.387 e. The summed E-state index contributed by atoms with van der Waals surface area (Å²) in [7, 11) is 3.15. The van der Waals surface area contributed by atoms with Crippen LogP contribution in [0.3, 0.4) is 0 Å². The number of aryl methyl sites for hydroxylation is 1. The highest BCUT2D eigenvalue weighted by Crippen LogP contribution is 2.34. The van der Waals surface area contributed by atoms with Crippen LogP contribution in [0.2, 0.25) is 0 Å². The highest BCUT2D eigenvalue weighted by molar-refractivity contribution is 5.84. The van der Waals surface area contributed by atoms with Gasteiger partial charge < -0.3 is 14.4 Å². The fourth-order valence-corrected chi connectivity index (χ4v) is 3.63. The summed E-state index contributed by atoms with van der Waals surface area (Å²) in [4.78, 5) is 14.7. The number of carbonyl (C=O) groups excluding carboxylic acids is 1. The molecule has 1 aliphatic rings. The lowest BCUT2D eigenvalue weighted by Gasteiger charge is -2.29. The maximum Gasteiger partial charge on any atom is 0.387 e. The third-order valence-electron chi connectivity index (χ3n) is 4.91. The van der Waals surface area contributed by atoms with Crippen molar-refractivity contribution >= 4 is 5.91 Å². The number of methoxy groups -OCH3 is 1. The van der Waals surface area contributed by atoms with E-state index in [-0.39, 0.29) is 23.3 Å². The quantitative estimate of drug-likeness (QED) is 0.752. The highest BCUT2D eigenvalue weighted by Gasteiger charge is 2.28. The molecule has 0 aliphatic heterocycles. The van der Waals surface area contributed by atoms with Crippen molar-refractivity contribution in [3.05, 3.63) is 59.2 Å². The lowest BCUT2D eigenvalue weighted by Crippen LogP contribution is -2.33. The van der Waals surface area contributed by atoms with Crippen molar-refractivity contribution in [3.63, 3.8) is 0 Å². The second kappa shape index (κ2) is 8.37. The standard InChI is InChI=1S/C21H23F2NO3/c1-24(13-14-10-11-18(27-21(22)23)19(12-14)26-2)20(25)17-9-5-7-15-6-3-4-8-16(15)17/h3-4,6,8,10-12,17,21H,5,7,9,13H2,1-2H3. The van der Waals surface area contributed by atoms with Crippen molar-refractivity contribution in [1.29, 1.82) is 0 Å². The summed E-state index contributed by atoms with van der Waals surface area (Å²) in [5, 5.41) is 0. The number of hydrogen-bond donors (Lipinski definition) is 0. The van der Waals surface area contributed by atoms with Gasteiger partial charge in [-0.05, 0) is 48.1 Å². The van der Waals surface area contributed by atoms with Gasteiger partial charge in [0.15, 0.2) is 11.5 Å². The second-order valence-corrected chi connectivity index (χ2v) is 6.70. The zero-order valence-corrected chi connectivity index (χ0v) is 15.5. The largest absolute Gasteiger partial charge is 0.493 e. The summed E-state index contributed by atoms with van der Waals surface area (Å²) in [5.41, 5.74) is 3.14. The molecule has 6 heteroatoms. The molecule has 2 aromatic rings. The molecule has 144 valence electrons. The van der Waals surface area contributed by atoms with Gasteiger partial charge in [0.2, 0.25) is 5.91 Å². The molecule has 0 N–H and O–H groups in total. The topological polar surface area (TPSA) is 38.8 Å². The van der Waals surface area contributed by atoms with Gasteiger partial charge in [0.1, 0.15) is 0 Å². The lowest BCUT2D eigenvalue weighted by atomic mass is 9.82. The van der Waals surface area contributed by atoms with Crippen LogP contribution in [0.5, 0.6) is 11.5 Å². The summed E-state index contributed by atoms with van der Waals surface area (Å²) >= 11 is 0. The third-order valence-corrected chi connectivity index (χ3v) is 4.91. The zero-order chi connectivity index (χ0) is 19.4. The van der Waals surface area contributed by atoms with E-state index in [0.717, 1.165) is 30.4 Å². The molecular weight excluding hydrogens is 352 g/mol. The minimum Gasteiger partial charge on any atom is -0.493 e. The predicted octanol–water partition coefficient (Wildman–Crippen LogP) is 4.38. The van der Waals surface area contributed by atoms with Crippen LogP contribution < -0.4 is 9.47 Å². The van der Waals surface area contributed by atoms with Gasteiger partial charge in [-0.15, -0.1) is 0 Å². The maximum absolute atomic E-state index is 13.0. The number of benzene rings is 2. The molecule has 3 rings (SSSR count). The first-order chi connectivity index (χ1) is 13.0. The van der Waals surface area contributed by atoms with E-state index in [1.54, 1.807) is 24.1 Å². The zero-order valence-electron chi connectivity index (χ0n) is 15.5. The summed E-state index contributed by atoms with van der Waals surface area (Å²) in [6, 6.07) is 12.8. The fraction of sp³-hybridized carbons (Fsp3) is 0.381. The number of ether oxygens (including phenoxy) is 2. The summed E-state index contributed by atoms with van der Waals surface area (Å²) < 4.78 is 34.5. The van der Waals surface area contributed by atoms with Crippen molar-refractivity contribution in [2.24, 2.45) is 0 Å². The molecule has 0 saturated heterocycles. The van der Waals surface area contributed by atoms with Crippen molar-refractivity contribution in [1.82, 2.24) is 4.90 Å². The number of alkyl halides is 2. The average molecular weight is 375 g/mol. The van der Waals surface area contributed by atoms with Gasteiger partial charge in [-0.2, -0.15) is 8.78 Å². The Morgan fingerprint density at radius 3 is 2.74 bits per heavy atom. The van der Waals surface area contributed by atoms with Gasteiger partial charge in [0.25, 0.3) is 0 Å². The molecule has 4 nitrogen and oxygen atoms in total. The Labute approximate surface area is 157 Å². The molecule has 0 bridgehead atoms. The first-order valence-electron chi connectivity index (χ1n) is 8.94. The number of rotatable bonds is 6. The predicted molar refractivity (Wildman–Crippen MR) is 98.2 cm³/mol. The minimum atomic E-state index is -2.92. The molecule has 1 amide bonds. The van der Waals surface area contributed by atoms with Crippen LogP contribution in [0.25, 0.3) is 0 Å². The molecule has 0 heterocycles. The van der Waals surface area contributed by atoms with Gasteiger partial charge in [0.05, 0.1) is 13.0 Å². The lowest BCUT2D eigenvalue weighted by molar-refractivity contribution is -0.132. The Balaban J connectivity index is 1.74. The monoisotopic (exact) mass is 375 g/mol. The molecule has 1 unspecified atom stereocenters. The van der Waals surface area contributed by atoms with Crippen LogP contribution in [-0.2, 0) is 17.8 Å². The number of carbonyl (C=O) groups is 1. The van der Waals surface area contributed by atoms with E-state index in [1.165, 1.54) is 18.7 Å². The van der Waals surface area contributed by atoms with Gasteiger partial charge in [-0.1, -0.05) is 30.3 Å². The van der Waals surface area contributed by atoms with E-state index >= 15 is 0 Å². The van der Waals surface area contributed by atoms with E-state index in [9.17, 15) is 13.6 Å². The van der Waals surface area contributed by atoms with E-state index in [1.807, 2.05) is 18.2 Å². The molecule has 1 atom stereocenters. The Morgan fingerprint density at radius 2 is 2.00 bits per heavy atom. The molecule has 1 aliphatic carbocycles. The van der Waals surface area contributed by atoms with Gasteiger partial charge in [-0.25, -0.2) is 0 Å². The SMILES string of the molecule is COc1cc(CN(C)C(=O)C2CCCc3ccccc32)ccc1OC(F)F. The first kappa shape index (κ1) is 19.1. The molecule has 27 heavy (non-hydrogen) atoms. The number of halogens is 2. The molecular formula is C21H23F2NO3. The molecule has 0 fully saturated rings. The highest BCUT2D eigenvalue weighted by atomic mass is 19.3. The van der Waals surface area contributed by atoms with Crippen molar-refractivity contribution in [2.45, 2.75) is 38.3 Å². The molecule has 0 radical (unpaired) electrons. The van der Waals surface area contributed by atoms with Crippen LogP contribution in [0.15, 0.2) is 42.5 Å². The van der Waals surface area contributed by atoms with Crippen LogP contribution in [0.1, 0.15) is 35.4 Å². The minimum absolute atomic E-state index is 0.0218. The number of nitrogens with zero attached hydrogens (tertiary/aromatic N) is 1. The summed E-state index contributed by atoms with van der Waals surface area (Å²) in [6.07, 6.45) is 2.84. The van der Waals surface area contributed by atoms with E-state index < -0.39 is 6.61 Å². The van der Waals surface area contributed by atoms with Crippen LogP contribution in [-0.4, -0.2) is 31.6 Å². The third kappa shape index (κ3) is 4.38. The van der Waals surface area contributed by atoms with E-state index in [0.29, 0.717) is 6.54 Å². The Kier molecular flexibility index (Phi) is 5.94. The summed E-state index contributed by atoms with van der Waals surface area (Å²) in [6.45, 7) is -2.55. The van der Waals surface area contributed by atoms with Crippen LogP contribution >= 0.6 is 0 Å². The summed E-state index contributed by atoms with van der Waals surface area (Å²) in [5.74, 6) is 0.125. The first-order valence-corrected chi connectivity index (χ1v) is 8.94. The van der Waals surface area contributed by atoms with Crippen molar-refractivity contribution in [3.8, 4) is 11.5 Å². The maximum atomic E-state index is 13.0. The van der Waals surface area contributed by atoms with Crippen LogP contribution in [0, 0.1) is 0 Å². The fourth-order valence-electron chi connectivity index (χ4n) is 3.63. The van der Waals surface area contributed by atoms with Crippen LogP contribution in [0.4, 0.5) is 8.78 Å². The number of fused-ring (bicyclic) bond motifs is 1. The molecule has 0 spiro atoms. The van der Waals surface area contributed by atoms with E-state index in [2.05, 4.69) is 10.8 Å². The Hall–Kier alpha value is -2.63. The van der Waals surface area contributed by atoms with Gasteiger partial charge >= 0.3 is 6.61 Å². The molecule has 0 aromatic heterocycles. The Bertz CT molecular complexity index is 810. The molecule has 2 aromatic carbocycles. The van der Waals surface area contributed by atoms with Gasteiger partial charge in [-0.3, -0.25) is 4.79 Å². The number of hydrogen-bond acceptors (Lipinski definition) is 3.